The third kappa shape index (κ3) is 7.75. The van der Waals surface area contributed by atoms with E-state index in [2.05, 4.69) is 6.92 Å². The van der Waals surface area contributed by atoms with Gasteiger partial charge in [-0.15, -0.1) is 0 Å². The Morgan fingerprint density at radius 2 is 1.84 bits per heavy atom. The molecule has 25 heavy (non-hydrogen) atoms. The van der Waals surface area contributed by atoms with E-state index < -0.39 is 5.91 Å². The van der Waals surface area contributed by atoms with Gasteiger partial charge in [-0.25, -0.2) is 0 Å². The highest BCUT2D eigenvalue weighted by Crippen LogP contribution is 2.29. The van der Waals surface area contributed by atoms with E-state index in [-0.39, 0.29) is 5.57 Å². The number of amides is 1. The van der Waals surface area contributed by atoms with Gasteiger partial charge in [0.15, 0.2) is 11.5 Å². The number of hydrogen-bond donors (Lipinski definition) is 1. The van der Waals surface area contributed by atoms with Crippen LogP contribution in [0, 0.1) is 11.3 Å². The fourth-order valence-electron chi connectivity index (χ4n) is 2.46. The van der Waals surface area contributed by atoms with Gasteiger partial charge in [0.05, 0.1) is 13.7 Å². The Labute approximate surface area is 150 Å². The lowest BCUT2D eigenvalue weighted by Crippen LogP contribution is -2.12. The summed E-state index contributed by atoms with van der Waals surface area (Å²) in [5.74, 6) is 0.474. The predicted octanol–water partition coefficient (Wildman–Crippen LogP) is 4.22. The van der Waals surface area contributed by atoms with Gasteiger partial charge in [0.1, 0.15) is 11.6 Å². The van der Waals surface area contributed by atoms with Gasteiger partial charge in [0, 0.05) is 0 Å². The van der Waals surface area contributed by atoms with Crippen LogP contribution < -0.4 is 15.2 Å². The summed E-state index contributed by atoms with van der Waals surface area (Å²) in [6, 6.07) is 7.05. The van der Waals surface area contributed by atoms with Crippen molar-refractivity contribution in [1.82, 2.24) is 0 Å². The van der Waals surface area contributed by atoms with Crippen LogP contribution in [0.1, 0.15) is 57.4 Å². The number of nitriles is 1. The summed E-state index contributed by atoms with van der Waals surface area (Å²) < 4.78 is 11.1. The van der Waals surface area contributed by atoms with Crippen LogP contribution in [-0.2, 0) is 4.79 Å². The zero-order chi connectivity index (χ0) is 18.5. The second-order valence-electron chi connectivity index (χ2n) is 5.91. The van der Waals surface area contributed by atoms with Gasteiger partial charge in [-0.2, -0.15) is 5.26 Å². The lowest BCUT2D eigenvalue weighted by molar-refractivity contribution is -0.114. The Hall–Kier alpha value is -2.48. The van der Waals surface area contributed by atoms with Crippen molar-refractivity contribution < 1.29 is 14.3 Å². The van der Waals surface area contributed by atoms with Crippen molar-refractivity contribution >= 4 is 12.0 Å². The van der Waals surface area contributed by atoms with Crippen LogP contribution in [0.4, 0.5) is 0 Å². The van der Waals surface area contributed by atoms with E-state index in [4.69, 9.17) is 20.5 Å². The Balaban J connectivity index is 2.53. The molecule has 5 nitrogen and oxygen atoms in total. The number of carbonyl (C=O) groups excluding carboxylic acids is 1. The van der Waals surface area contributed by atoms with Crippen molar-refractivity contribution in [3.05, 3.63) is 29.3 Å². The van der Waals surface area contributed by atoms with Gasteiger partial charge < -0.3 is 15.2 Å². The number of carbonyl (C=O) groups is 1. The normalized spacial score (nSPS) is 11.0. The zero-order valence-corrected chi connectivity index (χ0v) is 15.2. The maximum absolute atomic E-state index is 11.1. The molecule has 5 heteroatoms. The van der Waals surface area contributed by atoms with E-state index in [1.165, 1.54) is 38.2 Å². The molecule has 0 aliphatic rings. The summed E-state index contributed by atoms with van der Waals surface area (Å²) in [6.07, 6.45) is 10.0. The number of methoxy groups -OCH3 is 1. The van der Waals surface area contributed by atoms with Crippen LogP contribution in [0.5, 0.6) is 11.5 Å². The molecule has 0 atom stereocenters. The summed E-state index contributed by atoms with van der Waals surface area (Å²) in [6.45, 7) is 2.86. The van der Waals surface area contributed by atoms with Gasteiger partial charge in [-0.3, -0.25) is 4.79 Å². The maximum atomic E-state index is 11.1. The average molecular weight is 344 g/mol. The smallest absolute Gasteiger partial charge is 0.259 e. The van der Waals surface area contributed by atoms with Crippen LogP contribution in [-0.4, -0.2) is 19.6 Å². The summed E-state index contributed by atoms with van der Waals surface area (Å²) in [5.41, 5.74) is 5.71. The number of ether oxygens (including phenoxy) is 2. The predicted molar refractivity (Wildman–Crippen MR) is 99.3 cm³/mol. The number of nitrogens with zero attached hydrogens (tertiary/aromatic N) is 1. The Kier molecular flexibility index (Phi) is 9.84. The number of unbranched alkanes of at least 4 members (excludes halogenated alkanes) is 6. The van der Waals surface area contributed by atoms with Crippen LogP contribution >= 0.6 is 0 Å². The maximum Gasteiger partial charge on any atom is 0.259 e. The van der Waals surface area contributed by atoms with E-state index in [1.54, 1.807) is 31.4 Å². The van der Waals surface area contributed by atoms with Gasteiger partial charge in [-0.1, -0.05) is 51.5 Å². The van der Waals surface area contributed by atoms with Gasteiger partial charge >= 0.3 is 0 Å². The van der Waals surface area contributed by atoms with Gasteiger partial charge in [0.25, 0.3) is 5.91 Å². The molecular formula is C20H28N2O3. The summed E-state index contributed by atoms with van der Waals surface area (Å²) >= 11 is 0. The Bertz CT molecular complexity index is 618. The number of hydrogen-bond acceptors (Lipinski definition) is 4. The third-order valence-corrected chi connectivity index (χ3v) is 3.89. The summed E-state index contributed by atoms with van der Waals surface area (Å²) in [5, 5.41) is 8.90. The number of nitrogens with two attached hydrogens (primary N) is 1. The van der Waals surface area contributed by atoms with Crippen molar-refractivity contribution in [2.45, 2.75) is 51.9 Å². The first-order valence-electron chi connectivity index (χ1n) is 8.84. The van der Waals surface area contributed by atoms with Crippen molar-refractivity contribution in [2.75, 3.05) is 13.7 Å². The summed E-state index contributed by atoms with van der Waals surface area (Å²) in [4.78, 5) is 11.1. The van der Waals surface area contributed by atoms with Crippen LogP contribution in [0.2, 0.25) is 0 Å². The molecule has 0 spiro atoms. The number of primary amides is 1. The first kappa shape index (κ1) is 20.6. The quantitative estimate of drug-likeness (QED) is 0.349. The molecule has 1 rings (SSSR count). The van der Waals surface area contributed by atoms with Crippen molar-refractivity contribution in [3.63, 3.8) is 0 Å². The molecule has 1 aromatic rings. The standard InChI is InChI=1S/C20H28N2O3/c1-3-4-5-6-7-8-9-12-25-18-11-10-16(14-19(18)24-2)13-17(15-21)20(22)23/h10-11,13-14H,3-9,12H2,1-2H3,(H2,22,23)/b17-13+. The van der Waals surface area contributed by atoms with E-state index in [0.717, 1.165) is 12.8 Å². The highest BCUT2D eigenvalue weighted by Gasteiger charge is 2.08. The molecule has 2 N–H and O–H groups in total. The van der Waals surface area contributed by atoms with Crippen molar-refractivity contribution in [3.8, 4) is 17.6 Å². The van der Waals surface area contributed by atoms with Crippen LogP contribution in [0.25, 0.3) is 6.08 Å². The lowest BCUT2D eigenvalue weighted by atomic mass is 10.1. The second kappa shape index (κ2) is 12.0. The minimum atomic E-state index is -0.749. The number of rotatable bonds is 12. The minimum Gasteiger partial charge on any atom is -0.493 e. The topological polar surface area (TPSA) is 85.3 Å². The zero-order valence-electron chi connectivity index (χ0n) is 15.2. The van der Waals surface area contributed by atoms with E-state index in [1.807, 2.05) is 0 Å². The first-order chi connectivity index (χ1) is 12.1. The van der Waals surface area contributed by atoms with E-state index in [9.17, 15) is 4.79 Å². The minimum absolute atomic E-state index is 0.0983. The van der Waals surface area contributed by atoms with Crippen LogP contribution in [0.3, 0.4) is 0 Å². The summed E-state index contributed by atoms with van der Waals surface area (Å²) in [7, 11) is 1.56. The second-order valence-corrected chi connectivity index (χ2v) is 5.91. The molecule has 0 saturated carbocycles. The molecule has 0 saturated heterocycles. The molecule has 0 aliphatic heterocycles. The molecule has 0 aromatic heterocycles. The fraction of sp³-hybridized carbons (Fsp3) is 0.500. The monoisotopic (exact) mass is 344 g/mol. The molecule has 0 radical (unpaired) electrons. The van der Waals surface area contributed by atoms with Gasteiger partial charge in [0.2, 0.25) is 0 Å². The Morgan fingerprint density at radius 1 is 1.16 bits per heavy atom. The van der Waals surface area contributed by atoms with E-state index >= 15 is 0 Å². The van der Waals surface area contributed by atoms with Gasteiger partial charge in [-0.05, 0) is 30.2 Å². The largest absolute Gasteiger partial charge is 0.493 e. The molecule has 0 aliphatic carbocycles. The van der Waals surface area contributed by atoms with Crippen molar-refractivity contribution in [1.29, 1.82) is 5.26 Å². The fourth-order valence-corrected chi connectivity index (χ4v) is 2.46. The SMILES string of the molecule is CCCCCCCCCOc1ccc(/C=C(\C#N)C(N)=O)cc1OC. The average Bonchev–Trinajstić information content (AvgIpc) is 2.62. The molecular weight excluding hydrogens is 316 g/mol. The van der Waals surface area contributed by atoms with Crippen molar-refractivity contribution in [2.24, 2.45) is 5.73 Å². The molecule has 1 aromatic carbocycles. The lowest BCUT2D eigenvalue weighted by Gasteiger charge is -2.11. The molecule has 1 amide bonds. The van der Waals surface area contributed by atoms with Crippen LogP contribution in [0.15, 0.2) is 23.8 Å². The van der Waals surface area contributed by atoms with E-state index in [0.29, 0.717) is 23.7 Å². The first-order valence-corrected chi connectivity index (χ1v) is 8.84. The highest BCUT2D eigenvalue weighted by atomic mass is 16.5. The highest BCUT2D eigenvalue weighted by molar-refractivity contribution is 6.00. The Morgan fingerprint density at radius 3 is 2.44 bits per heavy atom. The number of benzene rings is 1. The molecule has 0 bridgehead atoms. The molecule has 0 unspecified atom stereocenters. The molecule has 0 heterocycles. The third-order valence-electron chi connectivity index (χ3n) is 3.89. The molecule has 136 valence electrons. The molecule has 0 fully saturated rings.